The van der Waals surface area contributed by atoms with Crippen molar-refractivity contribution in [3.05, 3.63) is 271 Å². The fraction of sp³-hybridized carbons (Fsp3) is 0.0164. The molecule has 0 atom stereocenters. The lowest BCUT2D eigenvalue weighted by atomic mass is 9.68. The molecule has 1 nitrogen and oxygen atoms in total. The molecule has 0 bridgehead atoms. The highest BCUT2D eigenvalue weighted by atomic mass is 15.1. The van der Waals surface area contributed by atoms with E-state index in [1.165, 1.54) is 88.0 Å². The molecule has 0 radical (unpaired) electrons. The van der Waals surface area contributed by atoms with Gasteiger partial charge in [0.15, 0.2) is 0 Å². The molecule has 1 heteroatoms. The molecule has 62 heavy (non-hydrogen) atoms. The Hall–Kier alpha value is -8.00. The molecule has 0 aliphatic heterocycles. The Balaban J connectivity index is 1.20. The highest BCUT2D eigenvalue weighted by Gasteiger charge is 2.46. The van der Waals surface area contributed by atoms with E-state index in [0.717, 1.165) is 17.1 Å². The van der Waals surface area contributed by atoms with Crippen LogP contribution in [0.15, 0.2) is 249 Å². The fourth-order valence-electron chi connectivity index (χ4n) is 10.5. The van der Waals surface area contributed by atoms with E-state index in [4.69, 9.17) is 0 Å². The molecular weight excluding hydrogens is 747 g/mol. The lowest BCUT2D eigenvalue weighted by Gasteiger charge is -2.34. The van der Waals surface area contributed by atoms with Crippen LogP contribution in [0.4, 0.5) is 17.1 Å². The second-order valence-electron chi connectivity index (χ2n) is 16.3. The van der Waals surface area contributed by atoms with Crippen molar-refractivity contribution in [2.24, 2.45) is 0 Å². The van der Waals surface area contributed by atoms with Gasteiger partial charge in [-0.05, 0) is 101 Å². The van der Waals surface area contributed by atoms with Gasteiger partial charge in [0.05, 0.1) is 11.1 Å². The summed E-state index contributed by atoms with van der Waals surface area (Å²) in [6.07, 6.45) is 0. The Labute approximate surface area is 362 Å². The van der Waals surface area contributed by atoms with Crippen molar-refractivity contribution in [2.75, 3.05) is 4.90 Å². The molecule has 0 N–H and O–H groups in total. The maximum atomic E-state index is 2.54. The molecule has 0 saturated carbocycles. The zero-order valence-electron chi connectivity index (χ0n) is 34.1. The lowest BCUT2D eigenvalue weighted by Crippen LogP contribution is -2.28. The molecule has 0 spiro atoms. The second-order valence-corrected chi connectivity index (χ2v) is 16.3. The zero-order chi connectivity index (χ0) is 41.0. The smallest absolute Gasteiger partial charge is 0.0713 e. The maximum absolute atomic E-state index is 2.54. The van der Waals surface area contributed by atoms with E-state index in [9.17, 15) is 0 Å². The summed E-state index contributed by atoms with van der Waals surface area (Å²) in [6.45, 7) is 0. The van der Waals surface area contributed by atoms with Crippen LogP contribution in [0.25, 0.3) is 65.7 Å². The average Bonchev–Trinajstić information content (AvgIpc) is 3.65. The molecule has 0 aromatic heterocycles. The molecule has 290 valence electrons. The van der Waals surface area contributed by atoms with E-state index < -0.39 is 5.41 Å². The first-order valence-electron chi connectivity index (χ1n) is 21.5. The Morgan fingerprint density at radius 3 is 1.48 bits per heavy atom. The maximum Gasteiger partial charge on any atom is 0.0713 e. The summed E-state index contributed by atoms with van der Waals surface area (Å²) in [5.41, 5.74) is 15.3. The third kappa shape index (κ3) is 5.49. The predicted octanol–water partition coefficient (Wildman–Crippen LogP) is 16.3. The molecule has 11 aromatic carbocycles. The number of fused-ring (bicyclic) bond motifs is 7. The number of hydrogen-bond donors (Lipinski definition) is 0. The number of rotatable bonds is 7. The highest BCUT2D eigenvalue weighted by Crippen LogP contribution is 2.58. The topological polar surface area (TPSA) is 3.24 Å². The summed E-state index contributed by atoms with van der Waals surface area (Å²) in [4.78, 5) is 2.54. The molecule has 0 heterocycles. The van der Waals surface area contributed by atoms with Gasteiger partial charge < -0.3 is 4.90 Å². The lowest BCUT2D eigenvalue weighted by molar-refractivity contribution is 0.768. The first kappa shape index (κ1) is 35.9. The minimum atomic E-state index is -0.487. The summed E-state index contributed by atoms with van der Waals surface area (Å²) in [7, 11) is 0. The Morgan fingerprint density at radius 2 is 0.774 bits per heavy atom. The molecular formula is C61H41N. The number of nitrogens with zero attached hydrogens (tertiary/aromatic N) is 1. The Kier molecular flexibility index (Phi) is 8.47. The molecule has 0 saturated heterocycles. The van der Waals surface area contributed by atoms with Gasteiger partial charge in [0.1, 0.15) is 0 Å². The predicted molar refractivity (Wildman–Crippen MR) is 262 cm³/mol. The van der Waals surface area contributed by atoms with E-state index in [0.29, 0.717) is 0 Å². The minimum absolute atomic E-state index is 0.487. The molecule has 12 rings (SSSR count). The van der Waals surface area contributed by atoms with E-state index in [1.807, 2.05) is 0 Å². The molecule has 1 aliphatic rings. The van der Waals surface area contributed by atoms with Gasteiger partial charge in [-0.2, -0.15) is 0 Å². The zero-order valence-corrected chi connectivity index (χ0v) is 34.1. The van der Waals surface area contributed by atoms with Gasteiger partial charge in [-0.1, -0.05) is 224 Å². The van der Waals surface area contributed by atoms with Crippen molar-refractivity contribution in [1.82, 2.24) is 0 Å². The van der Waals surface area contributed by atoms with E-state index >= 15 is 0 Å². The summed E-state index contributed by atoms with van der Waals surface area (Å²) in [6, 6.07) is 91.7. The van der Waals surface area contributed by atoms with Crippen LogP contribution in [0.1, 0.15) is 22.3 Å². The monoisotopic (exact) mass is 787 g/mol. The van der Waals surface area contributed by atoms with Crippen LogP contribution < -0.4 is 4.90 Å². The van der Waals surface area contributed by atoms with Gasteiger partial charge in [-0.15, -0.1) is 0 Å². The van der Waals surface area contributed by atoms with Crippen LogP contribution in [0.2, 0.25) is 0 Å². The first-order valence-corrected chi connectivity index (χ1v) is 21.5. The SMILES string of the molecule is c1ccc(-c2ccc(N(c3ccc4c(c3)-c3ccccc3C4(c3ccccc3)c3ccccc3)c3c(-c4cccc5ccccc45)c4ccccc4c4ccccc34)cc2)cc1. The van der Waals surface area contributed by atoms with Crippen LogP contribution in [0, 0.1) is 0 Å². The first-order chi connectivity index (χ1) is 30.8. The van der Waals surface area contributed by atoms with Gasteiger partial charge in [-0.25, -0.2) is 0 Å². The van der Waals surface area contributed by atoms with Crippen LogP contribution in [-0.2, 0) is 5.41 Å². The summed E-state index contributed by atoms with van der Waals surface area (Å²) in [5, 5.41) is 7.35. The molecule has 0 amide bonds. The number of hydrogen-bond acceptors (Lipinski definition) is 1. The quantitative estimate of drug-likeness (QED) is 0.145. The molecule has 11 aromatic rings. The van der Waals surface area contributed by atoms with Gasteiger partial charge >= 0.3 is 0 Å². The van der Waals surface area contributed by atoms with Crippen LogP contribution in [0.3, 0.4) is 0 Å². The van der Waals surface area contributed by atoms with Crippen molar-refractivity contribution < 1.29 is 0 Å². The molecule has 0 fully saturated rings. The normalized spacial score (nSPS) is 12.6. The van der Waals surface area contributed by atoms with Crippen LogP contribution in [0.5, 0.6) is 0 Å². The summed E-state index contributed by atoms with van der Waals surface area (Å²) < 4.78 is 0. The summed E-state index contributed by atoms with van der Waals surface area (Å²) >= 11 is 0. The standard InChI is InChI=1S/C61H41N/c1-4-19-42(20-5-1)43-35-37-47(38-36-43)62(60-55-32-15-13-29-51(55)50-28-12-14-31-54(50)59(60)53-33-18-22-44-21-10-11-27-49(44)53)48-39-40-58-56(41-48)52-30-16-17-34-57(52)61(58,45-23-6-2-7-24-45)46-25-8-3-9-26-46/h1-41H. The number of anilines is 3. The van der Waals surface area contributed by atoms with E-state index in [-0.39, 0.29) is 0 Å². The second kappa shape index (κ2) is 14.6. The average molecular weight is 788 g/mol. The van der Waals surface area contributed by atoms with E-state index in [1.54, 1.807) is 0 Å². The van der Waals surface area contributed by atoms with Crippen molar-refractivity contribution in [3.63, 3.8) is 0 Å². The molecule has 0 unspecified atom stereocenters. The van der Waals surface area contributed by atoms with Gasteiger partial charge in [-0.3, -0.25) is 0 Å². The number of benzene rings is 11. The third-order valence-electron chi connectivity index (χ3n) is 13.1. The molecule has 1 aliphatic carbocycles. The Morgan fingerprint density at radius 1 is 0.290 bits per heavy atom. The van der Waals surface area contributed by atoms with Gasteiger partial charge in [0.25, 0.3) is 0 Å². The highest BCUT2D eigenvalue weighted by molar-refractivity contribution is 6.24. The minimum Gasteiger partial charge on any atom is -0.309 e. The largest absolute Gasteiger partial charge is 0.309 e. The van der Waals surface area contributed by atoms with Crippen molar-refractivity contribution in [3.8, 4) is 33.4 Å². The summed E-state index contributed by atoms with van der Waals surface area (Å²) in [5.74, 6) is 0. The van der Waals surface area contributed by atoms with Gasteiger partial charge in [0.2, 0.25) is 0 Å². The van der Waals surface area contributed by atoms with Gasteiger partial charge in [0, 0.05) is 22.3 Å². The van der Waals surface area contributed by atoms with Crippen LogP contribution in [-0.4, -0.2) is 0 Å². The van der Waals surface area contributed by atoms with E-state index in [2.05, 4.69) is 254 Å². The van der Waals surface area contributed by atoms with Crippen molar-refractivity contribution >= 4 is 49.4 Å². The third-order valence-corrected chi connectivity index (χ3v) is 13.1. The Bertz CT molecular complexity index is 3400. The van der Waals surface area contributed by atoms with Crippen molar-refractivity contribution in [1.29, 1.82) is 0 Å². The van der Waals surface area contributed by atoms with Crippen LogP contribution >= 0.6 is 0 Å². The van der Waals surface area contributed by atoms with Crippen molar-refractivity contribution in [2.45, 2.75) is 5.41 Å². The fourth-order valence-corrected chi connectivity index (χ4v) is 10.5.